The Hall–Kier alpha value is -2.99. The van der Waals surface area contributed by atoms with Gasteiger partial charge in [0.15, 0.2) is 11.6 Å². The van der Waals surface area contributed by atoms with E-state index in [4.69, 9.17) is 0 Å². The van der Waals surface area contributed by atoms with E-state index in [-0.39, 0.29) is 17.8 Å². The molecule has 2 aliphatic heterocycles. The number of aliphatic hydroxyl groups is 1. The molecule has 0 radical (unpaired) electrons. The summed E-state index contributed by atoms with van der Waals surface area (Å²) < 4.78 is 68.6. The molecule has 0 aliphatic carbocycles. The number of halogens is 6. The fourth-order valence-electron chi connectivity index (χ4n) is 4.22. The number of carbonyl (C=O) groups excluding carboxylic acids is 2. The Kier molecular flexibility index (Phi) is 6.15. The van der Waals surface area contributed by atoms with Crippen molar-refractivity contribution in [3.8, 4) is 0 Å². The number of rotatable bonds is 4. The Morgan fingerprint density at radius 3 is 2.32 bits per heavy atom. The average molecular weight is 546 g/mol. The van der Waals surface area contributed by atoms with Crippen molar-refractivity contribution in [2.75, 3.05) is 11.9 Å². The van der Waals surface area contributed by atoms with Gasteiger partial charge >= 0.3 is 0 Å². The van der Waals surface area contributed by atoms with Crippen LogP contribution in [0.2, 0.25) is 0 Å². The molecule has 34 heavy (non-hydrogen) atoms. The first-order valence-corrected chi connectivity index (χ1v) is 10.9. The second kappa shape index (κ2) is 8.66. The summed E-state index contributed by atoms with van der Waals surface area (Å²) in [7, 11) is 0. The molecule has 6 nitrogen and oxygen atoms in total. The number of hydrogen-bond acceptors (Lipinski definition) is 4. The molecule has 2 aromatic rings. The molecule has 1 saturated heterocycles. The zero-order valence-corrected chi connectivity index (χ0v) is 19.1. The highest BCUT2D eigenvalue weighted by Crippen LogP contribution is 2.42. The Balaban J connectivity index is 1.72. The summed E-state index contributed by atoms with van der Waals surface area (Å²) in [6, 6.07) is 2.58. The third kappa shape index (κ3) is 3.94. The van der Waals surface area contributed by atoms with Crippen LogP contribution in [-0.2, 0) is 16.1 Å². The van der Waals surface area contributed by atoms with E-state index in [1.165, 1.54) is 5.01 Å². The zero-order chi connectivity index (χ0) is 24.9. The molecule has 1 fully saturated rings. The molecule has 0 bridgehead atoms. The summed E-state index contributed by atoms with van der Waals surface area (Å²) in [4.78, 5) is 26.2. The van der Waals surface area contributed by atoms with E-state index in [0.29, 0.717) is 25.0 Å². The molecular weight excluding hydrogens is 529 g/mol. The van der Waals surface area contributed by atoms with E-state index in [1.807, 2.05) is 0 Å². The van der Waals surface area contributed by atoms with E-state index in [0.717, 1.165) is 17.1 Å². The topological polar surface area (TPSA) is 72.9 Å². The number of aliphatic hydroxyl groups excluding tert-OH is 1. The largest absolute Gasteiger partial charge is 0.509 e. The molecule has 1 unspecified atom stereocenters. The van der Waals surface area contributed by atoms with Crippen LogP contribution in [0.4, 0.5) is 27.6 Å². The average Bonchev–Trinajstić information content (AvgIpc) is 3.16. The highest BCUT2D eigenvalue weighted by atomic mass is 79.9. The van der Waals surface area contributed by atoms with Crippen LogP contribution in [0.15, 0.2) is 40.1 Å². The molecule has 2 aromatic carbocycles. The van der Waals surface area contributed by atoms with Crippen molar-refractivity contribution in [1.82, 2.24) is 10.0 Å². The van der Waals surface area contributed by atoms with Crippen molar-refractivity contribution in [2.45, 2.75) is 31.8 Å². The molecule has 0 spiro atoms. The van der Waals surface area contributed by atoms with Gasteiger partial charge in [0.25, 0.3) is 11.8 Å². The molecule has 2 amide bonds. The summed E-state index contributed by atoms with van der Waals surface area (Å²) in [6.07, 6.45) is 0.823. The normalized spacial score (nSPS) is 20.7. The smallest absolute Gasteiger partial charge is 0.277 e. The minimum Gasteiger partial charge on any atom is -0.509 e. The Morgan fingerprint density at radius 2 is 1.68 bits per heavy atom. The molecule has 0 aromatic heterocycles. The van der Waals surface area contributed by atoms with Crippen LogP contribution in [0.25, 0.3) is 0 Å². The van der Waals surface area contributed by atoms with Gasteiger partial charge in [0.1, 0.15) is 28.8 Å². The molecule has 180 valence electrons. The molecule has 12 heteroatoms. The van der Waals surface area contributed by atoms with Crippen molar-refractivity contribution in [2.24, 2.45) is 0 Å². The van der Waals surface area contributed by atoms with Crippen molar-refractivity contribution >= 4 is 33.4 Å². The van der Waals surface area contributed by atoms with Crippen LogP contribution >= 0.6 is 15.9 Å². The van der Waals surface area contributed by atoms with Gasteiger partial charge in [-0.1, -0.05) is 0 Å². The maximum atomic E-state index is 14.3. The van der Waals surface area contributed by atoms with Gasteiger partial charge in [-0.25, -0.2) is 27.0 Å². The van der Waals surface area contributed by atoms with Gasteiger partial charge in [0, 0.05) is 23.9 Å². The van der Waals surface area contributed by atoms with Crippen LogP contribution in [0.3, 0.4) is 0 Å². The lowest BCUT2D eigenvalue weighted by molar-refractivity contribution is -0.160. The quantitative estimate of drug-likeness (QED) is 0.253. The number of fused-ring (bicyclic) bond motifs is 1. The zero-order valence-electron chi connectivity index (χ0n) is 17.6. The molecular formula is C22H17BrF5N3O3. The summed E-state index contributed by atoms with van der Waals surface area (Å²) in [5.41, 5.74) is -2.60. The first-order valence-electron chi connectivity index (χ1n) is 10.1. The molecule has 1 atom stereocenters. The minimum absolute atomic E-state index is 0.260. The number of anilines is 1. The third-order valence-corrected chi connectivity index (χ3v) is 6.73. The lowest BCUT2D eigenvalue weighted by atomic mass is 9.90. The molecule has 2 heterocycles. The second-order valence-electron chi connectivity index (χ2n) is 8.15. The van der Waals surface area contributed by atoms with E-state index < -0.39 is 68.8 Å². The highest BCUT2D eigenvalue weighted by Gasteiger charge is 2.52. The first-order chi connectivity index (χ1) is 15.9. The minimum atomic E-state index is -1.40. The maximum absolute atomic E-state index is 14.3. The van der Waals surface area contributed by atoms with Gasteiger partial charge in [0.2, 0.25) is 0 Å². The molecule has 4 rings (SSSR count). The van der Waals surface area contributed by atoms with Crippen LogP contribution < -0.4 is 5.32 Å². The highest BCUT2D eigenvalue weighted by molar-refractivity contribution is 9.10. The number of hydrazine groups is 1. The summed E-state index contributed by atoms with van der Waals surface area (Å²) >= 11 is 2.71. The summed E-state index contributed by atoms with van der Waals surface area (Å²) in [6.45, 7) is 1.27. The van der Waals surface area contributed by atoms with Crippen LogP contribution in [0, 0.1) is 29.1 Å². The Labute approximate surface area is 198 Å². The van der Waals surface area contributed by atoms with E-state index in [1.54, 1.807) is 6.92 Å². The fourth-order valence-corrected chi connectivity index (χ4v) is 4.44. The summed E-state index contributed by atoms with van der Waals surface area (Å²) in [5.74, 6) is -8.58. The molecule has 0 saturated carbocycles. The predicted molar refractivity (Wildman–Crippen MR) is 114 cm³/mol. The molecule has 2 aliphatic rings. The summed E-state index contributed by atoms with van der Waals surface area (Å²) in [5, 5.41) is 15.5. The first kappa shape index (κ1) is 24.1. The van der Waals surface area contributed by atoms with Gasteiger partial charge < -0.3 is 10.4 Å². The number of nitrogens with one attached hydrogen (secondary N) is 1. The second-order valence-corrected chi connectivity index (χ2v) is 8.95. The van der Waals surface area contributed by atoms with Gasteiger partial charge in [-0.3, -0.25) is 14.6 Å². The Bertz CT molecular complexity index is 1230. The van der Waals surface area contributed by atoms with Gasteiger partial charge in [0.05, 0.1) is 16.6 Å². The maximum Gasteiger partial charge on any atom is 0.277 e. The van der Waals surface area contributed by atoms with Crippen LogP contribution in [0.1, 0.15) is 25.3 Å². The van der Waals surface area contributed by atoms with E-state index in [9.17, 15) is 36.6 Å². The number of amides is 2. The molecule has 2 N–H and O–H groups in total. The predicted octanol–water partition coefficient (Wildman–Crippen LogP) is 4.71. The van der Waals surface area contributed by atoms with E-state index in [2.05, 4.69) is 21.2 Å². The van der Waals surface area contributed by atoms with Crippen molar-refractivity contribution < 1.29 is 36.6 Å². The number of nitrogens with zero attached hydrogens (tertiary/aromatic N) is 2. The van der Waals surface area contributed by atoms with Crippen LogP contribution in [0.5, 0.6) is 0 Å². The van der Waals surface area contributed by atoms with Gasteiger partial charge in [-0.2, -0.15) is 0 Å². The Morgan fingerprint density at radius 1 is 1.06 bits per heavy atom. The van der Waals surface area contributed by atoms with Gasteiger partial charge in [-0.15, -0.1) is 0 Å². The lowest BCUT2D eigenvalue weighted by Gasteiger charge is -2.46. The monoisotopic (exact) mass is 545 g/mol. The van der Waals surface area contributed by atoms with Crippen molar-refractivity contribution in [3.05, 3.63) is 74.7 Å². The number of benzene rings is 2. The lowest BCUT2D eigenvalue weighted by Crippen LogP contribution is -2.60. The fraction of sp³-hybridized carbons (Fsp3) is 0.273. The standard InChI is InChI=1S/C22H17BrF5N3O3/c1-22-3-2-4-31(22)30(9-10-5-13(25)14(26)8-12(10)24)21(34)17(19(22)32)20(33)29-11-6-15(27)18(23)16(28)7-11/h5-8,32H,2-4,9H2,1H3,(H,29,33). The van der Waals surface area contributed by atoms with E-state index >= 15 is 0 Å². The third-order valence-electron chi connectivity index (χ3n) is 5.97. The van der Waals surface area contributed by atoms with Crippen LogP contribution in [-0.4, -0.2) is 39.0 Å². The van der Waals surface area contributed by atoms with Crippen molar-refractivity contribution in [3.63, 3.8) is 0 Å². The number of carbonyl (C=O) groups is 2. The van der Waals surface area contributed by atoms with Gasteiger partial charge in [-0.05, 0) is 53.9 Å². The van der Waals surface area contributed by atoms with Crippen molar-refractivity contribution in [1.29, 1.82) is 0 Å². The SMILES string of the molecule is CC12CCCN1N(Cc1cc(F)c(F)cc1F)C(=O)C(C(=O)Nc1cc(F)c(Br)c(F)c1)=C2O. The number of hydrogen-bond donors (Lipinski definition) is 2.